The number of hydrogen-bond acceptors (Lipinski definition) is 5. The van der Waals surface area contributed by atoms with Crippen LogP contribution in [0.5, 0.6) is 0 Å². The van der Waals surface area contributed by atoms with Gasteiger partial charge in [0.2, 0.25) is 0 Å². The average Bonchev–Trinajstić information content (AvgIpc) is 3.27. The SMILES string of the molecule is O=C(Nc1ccc2nc(-c3ccco3)[nH]c2c1)[C@@]1(O)CCSC1. The number of H-pyrrole nitrogens is 1. The van der Waals surface area contributed by atoms with Crippen LogP contribution in [-0.4, -0.2) is 38.1 Å². The molecule has 0 unspecified atom stereocenters. The van der Waals surface area contributed by atoms with Gasteiger partial charge in [0.25, 0.3) is 5.91 Å². The van der Waals surface area contributed by atoms with Gasteiger partial charge in [-0.15, -0.1) is 0 Å². The molecule has 0 spiro atoms. The van der Waals surface area contributed by atoms with E-state index in [1.807, 2.05) is 12.1 Å². The van der Waals surface area contributed by atoms with Crippen molar-refractivity contribution >= 4 is 34.4 Å². The summed E-state index contributed by atoms with van der Waals surface area (Å²) in [6, 6.07) is 9.03. The van der Waals surface area contributed by atoms with Gasteiger partial charge < -0.3 is 19.8 Å². The monoisotopic (exact) mass is 329 g/mol. The largest absolute Gasteiger partial charge is 0.461 e. The highest BCUT2D eigenvalue weighted by Crippen LogP contribution is 2.29. The van der Waals surface area contributed by atoms with Crippen molar-refractivity contribution in [3.8, 4) is 11.6 Å². The molecule has 6 nitrogen and oxygen atoms in total. The van der Waals surface area contributed by atoms with E-state index in [0.29, 0.717) is 29.4 Å². The molecule has 2 aromatic heterocycles. The van der Waals surface area contributed by atoms with Crippen LogP contribution in [0.3, 0.4) is 0 Å². The predicted molar refractivity (Wildman–Crippen MR) is 89.3 cm³/mol. The fraction of sp³-hybridized carbons (Fsp3) is 0.250. The molecule has 0 radical (unpaired) electrons. The van der Waals surface area contributed by atoms with Crippen LogP contribution >= 0.6 is 11.8 Å². The Bertz CT molecular complexity index is 851. The van der Waals surface area contributed by atoms with E-state index in [4.69, 9.17) is 4.42 Å². The fourth-order valence-electron chi connectivity index (χ4n) is 2.60. The molecule has 7 heteroatoms. The first kappa shape index (κ1) is 14.3. The Hall–Kier alpha value is -2.25. The molecule has 1 saturated heterocycles. The molecule has 3 N–H and O–H groups in total. The normalized spacial score (nSPS) is 20.9. The number of anilines is 1. The number of amides is 1. The number of nitrogens with zero attached hydrogens (tertiary/aromatic N) is 1. The second-order valence-corrected chi connectivity index (χ2v) is 6.69. The molecule has 1 aliphatic heterocycles. The molecule has 23 heavy (non-hydrogen) atoms. The average molecular weight is 329 g/mol. The van der Waals surface area contributed by atoms with Crippen LogP contribution in [0.25, 0.3) is 22.6 Å². The summed E-state index contributed by atoms with van der Waals surface area (Å²) in [6.07, 6.45) is 2.08. The number of nitrogens with one attached hydrogen (secondary N) is 2. The number of hydrogen-bond donors (Lipinski definition) is 3. The van der Waals surface area contributed by atoms with Gasteiger partial charge in [0.1, 0.15) is 0 Å². The first-order valence-corrected chi connectivity index (χ1v) is 8.45. The zero-order valence-electron chi connectivity index (χ0n) is 12.2. The molecule has 4 rings (SSSR count). The number of furan rings is 1. The standard InChI is InChI=1S/C16H15N3O3S/c20-15(16(21)5-7-23-9-16)17-10-3-4-11-12(8-10)19-14(18-11)13-2-1-6-22-13/h1-4,6,8,21H,5,7,9H2,(H,17,20)(H,18,19)/t16-/m1/s1. The molecule has 0 bridgehead atoms. The second-order valence-electron chi connectivity index (χ2n) is 5.58. The predicted octanol–water partition coefficient (Wildman–Crippen LogP) is 2.63. The topological polar surface area (TPSA) is 91.2 Å². The Kier molecular flexibility index (Phi) is 3.39. The van der Waals surface area contributed by atoms with Gasteiger partial charge in [-0.05, 0) is 42.5 Å². The van der Waals surface area contributed by atoms with Gasteiger partial charge in [-0.25, -0.2) is 4.98 Å². The van der Waals surface area contributed by atoms with Crippen LogP contribution in [0, 0.1) is 0 Å². The summed E-state index contributed by atoms with van der Waals surface area (Å²) >= 11 is 1.59. The van der Waals surface area contributed by atoms with Gasteiger partial charge in [-0.2, -0.15) is 11.8 Å². The maximum atomic E-state index is 12.2. The van der Waals surface area contributed by atoms with E-state index < -0.39 is 5.60 Å². The number of thioether (sulfide) groups is 1. The Morgan fingerprint density at radius 1 is 1.43 bits per heavy atom. The minimum atomic E-state index is -1.27. The first-order valence-electron chi connectivity index (χ1n) is 7.29. The summed E-state index contributed by atoms with van der Waals surface area (Å²) in [5, 5.41) is 13.1. The van der Waals surface area contributed by atoms with Crippen molar-refractivity contribution in [1.82, 2.24) is 9.97 Å². The number of fused-ring (bicyclic) bond motifs is 1. The van der Waals surface area contributed by atoms with Crippen LogP contribution in [0.1, 0.15) is 6.42 Å². The van der Waals surface area contributed by atoms with Crippen molar-refractivity contribution < 1.29 is 14.3 Å². The maximum Gasteiger partial charge on any atom is 0.257 e. The molecule has 0 saturated carbocycles. The van der Waals surface area contributed by atoms with Crippen molar-refractivity contribution in [1.29, 1.82) is 0 Å². The molecule has 3 aromatic rings. The quantitative estimate of drug-likeness (QED) is 0.687. The number of carbonyl (C=O) groups excluding carboxylic acids is 1. The summed E-state index contributed by atoms with van der Waals surface area (Å²) in [5.74, 6) is 2.18. The second kappa shape index (κ2) is 5.43. The van der Waals surface area contributed by atoms with E-state index in [2.05, 4.69) is 15.3 Å². The zero-order chi connectivity index (χ0) is 15.9. The number of aromatic amines is 1. The Morgan fingerprint density at radius 2 is 2.35 bits per heavy atom. The number of imidazole rings is 1. The number of carbonyl (C=O) groups is 1. The van der Waals surface area contributed by atoms with Crippen LogP contribution in [0.4, 0.5) is 5.69 Å². The Morgan fingerprint density at radius 3 is 3.09 bits per heavy atom. The van der Waals surface area contributed by atoms with E-state index in [1.54, 1.807) is 36.2 Å². The van der Waals surface area contributed by atoms with Gasteiger partial charge in [0.15, 0.2) is 17.2 Å². The first-order chi connectivity index (χ1) is 11.1. The van der Waals surface area contributed by atoms with Gasteiger partial charge in [0, 0.05) is 11.4 Å². The van der Waals surface area contributed by atoms with Crippen molar-refractivity contribution in [2.45, 2.75) is 12.0 Å². The summed E-state index contributed by atoms with van der Waals surface area (Å²) < 4.78 is 5.33. The highest BCUT2D eigenvalue weighted by atomic mass is 32.2. The molecular formula is C16H15N3O3S. The highest BCUT2D eigenvalue weighted by Gasteiger charge is 2.39. The highest BCUT2D eigenvalue weighted by molar-refractivity contribution is 7.99. The number of rotatable bonds is 3. The lowest BCUT2D eigenvalue weighted by atomic mass is 10.0. The molecule has 1 amide bonds. The van der Waals surface area contributed by atoms with Crippen molar-refractivity contribution in [3.63, 3.8) is 0 Å². The number of benzene rings is 1. The van der Waals surface area contributed by atoms with Crippen LogP contribution in [-0.2, 0) is 4.79 Å². The summed E-state index contributed by atoms with van der Waals surface area (Å²) in [4.78, 5) is 19.9. The van der Waals surface area contributed by atoms with Crippen LogP contribution in [0.2, 0.25) is 0 Å². The molecule has 118 valence electrons. The van der Waals surface area contributed by atoms with E-state index in [-0.39, 0.29) is 5.91 Å². The van der Waals surface area contributed by atoms with Crippen LogP contribution < -0.4 is 5.32 Å². The third-order valence-electron chi connectivity index (χ3n) is 3.92. The van der Waals surface area contributed by atoms with Gasteiger partial charge in [-0.1, -0.05) is 0 Å². The summed E-state index contributed by atoms with van der Waals surface area (Å²) in [7, 11) is 0. The maximum absolute atomic E-state index is 12.2. The Labute approximate surface area is 136 Å². The Balaban J connectivity index is 1.60. The van der Waals surface area contributed by atoms with Crippen molar-refractivity contribution in [2.24, 2.45) is 0 Å². The molecule has 1 aromatic carbocycles. The van der Waals surface area contributed by atoms with E-state index in [1.165, 1.54) is 0 Å². The fourth-order valence-corrected chi connectivity index (χ4v) is 3.84. The molecule has 1 aliphatic rings. The molecular weight excluding hydrogens is 314 g/mol. The molecule has 1 fully saturated rings. The lowest BCUT2D eigenvalue weighted by molar-refractivity contribution is -0.131. The van der Waals surface area contributed by atoms with E-state index in [9.17, 15) is 9.90 Å². The molecule has 0 aliphatic carbocycles. The van der Waals surface area contributed by atoms with Crippen molar-refractivity contribution in [3.05, 3.63) is 36.6 Å². The molecule has 3 heterocycles. The minimum Gasteiger partial charge on any atom is -0.461 e. The lowest BCUT2D eigenvalue weighted by Crippen LogP contribution is -2.42. The number of aliphatic hydroxyl groups is 1. The van der Waals surface area contributed by atoms with Gasteiger partial charge in [0.05, 0.1) is 17.3 Å². The van der Waals surface area contributed by atoms with Crippen LogP contribution in [0.15, 0.2) is 41.0 Å². The van der Waals surface area contributed by atoms with E-state index >= 15 is 0 Å². The minimum absolute atomic E-state index is 0.354. The van der Waals surface area contributed by atoms with Gasteiger partial charge in [-0.3, -0.25) is 4.79 Å². The molecule has 1 atom stereocenters. The van der Waals surface area contributed by atoms with E-state index in [0.717, 1.165) is 16.8 Å². The number of aromatic nitrogens is 2. The summed E-state index contributed by atoms with van der Waals surface area (Å²) in [5.41, 5.74) is 0.932. The summed E-state index contributed by atoms with van der Waals surface area (Å²) in [6.45, 7) is 0. The zero-order valence-corrected chi connectivity index (χ0v) is 13.0. The third kappa shape index (κ3) is 2.62. The van der Waals surface area contributed by atoms with Crippen molar-refractivity contribution in [2.75, 3.05) is 16.8 Å². The smallest absolute Gasteiger partial charge is 0.257 e. The van der Waals surface area contributed by atoms with Gasteiger partial charge >= 0.3 is 0 Å². The lowest BCUT2D eigenvalue weighted by Gasteiger charge is -2.20. The third-order valence-corrected chi connectivity index (χ3v) is 5.09.